The molecule has 1 atom stereocenters. The van der Waals surface area contributed by atoms with E-state index in [1.807, 2.05) is 48.5 Å². The Morgan fingerprint density at radius 2 is 1.88 bits per heavy atom. The Labute approximate surface area is 205 Å². The van der Waals surface area contributed by atoms with E-state index in [2.05, 4.69) is 4.98 Å². The zero-order valence-electron chi connectivity index (χ0n) is 18.9. The highest BCUT2D eigenvalue weighted by molar-refractivity contribution is 7.77. The first-order valence-corrected chi connectivity index (χ1v) is 12.2. The highest BCUT2D eigenvalue weighted by Gasteiger charge is 2.24. The molecule has 1 N–H and O–H groups in total. The van der Waals surface area contributed by atoms with Crippen molar-refractivity contribution in [1.82, 2.24) is 13.9 Å². The molecule has 2 aromatic carbocycles. The topological polar surface area (TPSA) is 102 Å². The Morgan fingerprint density at radius 1 is 1.15 bits per heavy atom. The van der Waals surface area contributed by atoms with Gasteiger partial charge in [-0.25, -0.2) is 13.5 Å². The normalized spacial score (nSPS) is 11.8. The number of carbonyl (C=O) groups is 2. The number of halogens is 1. The Kier molecular flexibility index (Phi) is 8.98. The zero-order chi connectivity index (χ0) is 24.7. The van der Waals surface area contributed by atoms with Crippen LogP contribution >= 0.6 is 11.6 Å². The summed E-state index contributed by atoms with van der Waals surface area (Å²) in [5.41, 5.74) is 2.90. The van der Waals surface area contributed by atoms with Gasteiger partial charge in [-0.2, -0.15) is 0 Å². The van der Waals surface area contributed by atoms with E-state index in [0.29, 0.717) is 29.4 Å². The molecule has 0 aliphatic carbocycles. The second-order valence-electron chi connectivity index (χ2n) is 7.68. The third-order valence-electron chi connectivity index (χ3n) is 5.10. The predicted molar refractivity (Wildman–Crippen MR) is 130 cm³/mol. The van der Waals surface area contributed by atoms with Gasteiger partial charge in [0.15, 0.2) is 0 Å². The van der Waals surface area contributed by atoms with E-state index in [0.717, 1.165) is 16.3 Å². The van der Waals surface area contributed by atoms with E-state index >= 15 is 0 Å². The summed E-state index contributed by atoms with van der Waals surface area (Å²) in [6.45, 7) is 3.23. The maximum Gasteiger partial charge on any atom is 0.302 e. The number of nitrogens with zero attached hydrogens (tertiary/aromatic N) is 3. The number of benzene rings is 2. The number of esters is 1. The van der Waals surface area contributed by atoms with Crippen LogP contribution in [0.25, 0.3) is 5.69 Å². The monoisotopic (exact) mass is 503 g/mol. The molecule has 1 heterocycles. The molecule has 3 aromatic rings. The molecule has 1 amide bonds. The number of hydrogen-bond acceptors (Lipinski definition) is 5. The van der Waals surface area contributed by atoms with Crippen LogP contribution in [0.3, 0.4) is 0 Å². The van der Waals surface area contributed by atoms with Crippen LogP contribution in [0, 0.1) is 6.92 Å². The summed E-state index contributed by atoms with van der Waals surface area (Å²) in [4.78, 5) is 28.0. The molecule has 0 bridgehead atoms. The third kappa shape index (κ3) is 6.75. The first-order chi connectivity index (χ1) is 16.3. The van der Waals surface area contributed by atoms with Gasteiger partial charge in [-0.15, -0.1) is 0 Å². The molecule has 0 saturated heterocycles. The molecule has 0 spiro atoms. The minimum absolute atomic E-state index is 0.0179. The molecule has 0 aliphatic heterocycles. The standard InChI is InChI=1S/C24H26ClN3O5S/c1-17-26-22(24(30)28(34(31)32)12-6-7-13-33-18(2)29)16-27(17)23-11-10-20(15-21(23)25)14-19-8-4-3-5-9-19/h3-5,8-11,15-16H,6-7,12-14H2,1-2H3,(H,31,32). The van der Waals surface area contributed by atoms with Crippen LogP contribution in [0.15, 0.2) is 54.7 Å². The zero-order valence-corrected chi connectivity index (χ0v) is 20.5. The summed E-state index contributed by atoms with van der Waals surface area (Å²) < 4.78 is 28.7. The van der Waals surface area contributed by atoms with Crippen molar-refractivity contribution in [2.75, 3.05) is 13.2 Å². The number of hydrogen-bond donors (Lipinski definition) is 1. The number of aryl methyl sites for hydroxylation is 1. The molecule has 10 heteroatoms. The lowest BCUT2D eigenvalue weighted by Gasteiger charge is -2.16. The fourth-order valence-electron chi connectivity index (χ4n) is 3.46. The number of carbonyl (C=O) groups excluding carboxylic acids is 2. The lowest BCUT2D eigenvalue weighted by Crippen LogP contribution is -2.33. The van der Waals surface area contributed by atoms with Crippen molar-refractivity contribution in [3.8, 4) is 5.69 Å². The van der Waals surface area contributed by atoms with Gasteiger partial charge in [0.25, 0.3) is 17.2 Å². The van der Waals surface area contributed by atoms with Crippen molar-refractivity contribution in [2.45, 2.75) is 33.1 Å². The minimum atomic E-state index is -2.52. The van der Waals surface area contributed by atoms with Gasteiger partial charge in [-0.3, -0.25) is 14.1 Å². The van der Waals surface area contributed by atoms with Crippen LogP contribution in [-0.4, -0.2) is 47.6 Å². The van der Waals surface area contributed by atoms with Gasteiger partial charge in [-0.05, 0) is 49.4 Å². The van der Waals surface area contributed by atoms with Crippen molar-refractivity contribution in [2.24, 2.45) is 0 Å². The first kappa shape index (κ1) is 25.6. The largest absolute Gasteiger partial charge is 0.466 e. The average molecular weight is 504 g/mol. The Hall–Kier alpha value is -3.01. The van der Waals surface area contributed by atoms with Gasteiger partial charge in [-0.1, -0.05) is 48.0 Å². The molecular formula is C24H26ClN3O5S. The van der Waals surface area contributed by atoms with E-state index < -0.39 is 23.1 Å². The van der Waals surface area contributed by atoms with Crippen LogP contribution in [0.4, 0.5) is 0 Å². The number of aromatic nitrogens is 2. The second kappa shape index (κ2) is 11.9. The van der Waals surface area contributed by atoms with Crippen LogP contribution in [0.5, 0.6) is 0 Å². The smallest absolute Gasteiger partial charge is 0.302 e. The number of amides is 1. The molecule has 0 fully saturated rings. The quantitative estimate of drug-likeness (QED) is 0.251. The third-order valence-corrected chi connectivity index (χ3v) is 6.13. The van der Waals surface area contributed by atoms with Crippen LogP contribution in [-0.2, 0) is 27.2 Å². The van der Waals surface area contributed by atoms with Gasteiger partial charge in [0, 0.05) is 19.7 Å². The summed E-state index contributed by atoms with van der Waals surface area (Å²) >= 11 is 4.04. The van der Waals surface area contributed by atoms with Crippen LogP contribution < -0.4 is 0 Å². The lowest BCUT2D eigenvalue weighted by atomic mass is 10.0. The summed E-state index contributed by atoms with van der Waals surface area (Å²) in [7, 11) is 0. The molecule has 1 aromatic heterocycles. The van der Waals surface area contributed by atoms with Gasteiger partial charge in [0.2, 0.25) is 0 Å². The fraction of sp³-hybridized carbons (Fsp3) is 0.292. The van der Waals surface area contributed by atoms with E-state index in [1.165, 1.54) is 18.7 Å². The molecule has 180 valence electrons. The summed E-state index contributed by atoms with van der Waals surface area (Å²) in [5.74, 6) is -0.557. The van der Waals surface area contributed by atoms with E-state index in [9.17, 15) is 18.4 Å². The van der Waals surface area contributed by atoms with Crippen molar-refractivity contribution in [1.29, 1.82) is 0 Å². The van der Waals surface area contributed by atoms with Crippen molar-refractivity contribution in [3.05, 3.63) is 82.4 Å². The Balaban J connectivity index is 1.73. The predicted octanol–water partition coefficient (Wildman–Crippen LogP) is 4.35. The fourth-order valence-corrected chi connectivity index (χ4v) is 4.27. The van der Waals surface area contributed by atoms with Crippen LogP contribution in [0.2, 0.25) is 5.02 Å². The maximum atomic E-state index is 12.9. The van der Waals surface area contributed by atoms with E-state index in [4.69, 9.17) is 16.3 Å². The molecule has 0 saturated carbocycles. The SMILES string of the molecule is CC(=O)OCCCCN(C(=O)c1cn(-c2ccc(Cc3ccccc3)cc2Cl)c(C)n1)S(=O)O. The maximum absolute atomic E-state index is 12.9. The Morgan fingerprint density at radius 3 is 2.53 bits per heavy atom. The summed E-state index contributed by atoms with van der Waals surface area (Å²) in [6.07, 6.45) is 3.09. The van der Waals surface area contributed by atoms with Gasteiger partial charge >= 0.3 is 5.97 Å². The molecule has 8 nitrogen and oxygen atoms in total. The molecular weight excluding hydrogens is 478 g/mol. The summed E-state index contributed by atoms with van der Waals surface area (Å²) in [6, 6.07) is 15.7. The molecule has 0 radical (unpaired) electrons. The number of unbranched alkanes of at least 4 members (excludes halogenated alkanes) is 1. The summed E-state index contributed by atoms with van der Waals surface area (Å²) in [5, 5.41) is 0.501. The molecule has 34 heavy (non-hydrogen) atoms. The number of rotatable bonds is 10. The lowest BCUT2D eigenvalue weighted by molar-refractivity contribution is -0.141. The first-order valence-electron chi connectivity index (χ1n) is 10.7. The van der Waals surface area contributed by atoms with Gasteiger partial charge < -0.3 is 9.30 Å². The van der Waals surface area contributed by atoms with Crippen molar-refractivity contribution < 1.29 is 23.1 Å². The van der Waals surface area contributed by atoms with Crippen LogP contribution in [0.1, 0.15) is 47.2 Å². The van der Waals surface area contributed by atoms with E-state index in [-0.39, 0.29) is 18.8 Å². The van der Waals surface area contributed by atoms with E-state index in [1.54, 1.807) is 11.5 Å². The van der Waals surface area contributed by atoms with Gasteiger partial charge in [0.05, 0.1) is 17.3 Å². The molecule has 3 rings (SSSR count). The highest BCUT2D eigenvalue weighted by atomic mass is 35.5. The molecule has 0 aliphatic rings. The van der Waals surface area contributed by atoms with Gasteiger partial charge in [0.1, 0.15) is 11.5 Å². The van der Waals surface area contributed by atoms with Crippen molar-refractivity contribution >= 4 is 34.7 Å². The molecule has 1 unspecified atom stereocenters. The number of ether oxygens (including phenoxy) is 1. The average Bonchev–Trinajstić information content (AvgIpc) is 3.17. The minimum Gasteiger partial charge on any atom is -0.466 e. The Bertz CT molecular complexity index is 1180. The number of imidazole rings is 1. The second-order valence-corrected chi connectivity index (χ2v) is 8.99. The highest BCUT2D eigenvalue weighted by Crippen LogP contribution is 2.25. The van der Waals surface area contributed by atoms with Crippen molar-refractivity contribution in [3.63, 3.8) is 0 Å².